The number of sulfone groups is 1. The van der Waals surface area contributed by atoms with E-state index in [2.05, 4.69) is 10.3 Å². The van der Waals surface area contributed by atoms with Crippen molar-refractivity contribution in [2.45, 2.75) is 23.3 Å². The molecule has 0 amide bonds. The molecule has 0 aliphatic carbocycles. The summed E-state index contributed by atoms with van der Waals surface area (Å²) in [5, 5.41) is 3.03. The van der Waals surface area contributed by atoms with Gasteiger partial charge in [0.25, 0.3) is 0 Å². The monoisotopic (exact) mass is 220 g/mol. The Labute approximate surface area is 81.9 Å². The molecule has 4 nitrogen and oxygen atoms in total. The molecule has 0 atom stereocenters. The second kappa shape index (κ2) is 3.63. The summed E-state index contributed by atoms with van der Waals surface area (Å²) in [5.74, 6) is 0. The van der Waals surface area contributed by atoms with Crippen LogP contribution in [-0.4, -0.2) is 25.7 Å². The number of hydrogen-bond acceptors (Lipinski definition) is 5. The van der Waals surface area contributed by atoms with Crippen LogP contribution in [0, 0.1) is 0 Å². The molecule has 1 aromatic rings. The van der Waals surface area contributed by atoms with Crippen LogP contribution >= 0.6 is 11.3 Å². The summed E-state index contributed by atoms with van der Waals surface area (Å²) >= 11 is 1.16. The van der Waals surface area contributed by atoms with Crippen molar-refractivity contribution in [2.75, 3.05) is 12.4 Å². The SMILES string of the molecule is CNc1ncc(S(=O)(=O)C(C)C)s1. The highest BCUT2D eigenvalue weighted by Gasteiger charge is 2.21. The molecule has 0 radical (unpaired) electrons. The van der Waals surface area contributed by atoms with E-state index in [1.165, 1.54) is 6.20 Å². The highest BCUT2D eigenvalue weighted by Crippen LogP contribution is 2.25. The lowest BCUT2D eigenvalue weighted by Gasteiger charge is -2.02. The topological polar surface area (TPSA) is 59.1 Å². The minimum atomic E-state index is -3.15. The maximum Gasteiger partial charge on any atom is 0.191 e. The largest absolute Gasteiger partial charge is 0.365 e. The molecule has 1 heterocycles. The van der Waals surface area contributed by atoms with Crippen LogP contribution in [0.3, 0.4) is 0 Å². The average Bonchev–Trinajstić information content (AvgIpc) is 2.51. The Morgan fingerprint density at radius 2 is 2.15 bits per heavy atom. The minimum absolute atomic E-state index is 0.326. The lowest BCUT2D eigenvalue weighted by molar-refractivity contribution is 0.589. The highest BCUT2D eigenvalue weighted by atomic mass is 32.2. The zero-order valence-electron chi connectivity index (χ0n) is 7.73. The van der Waals surface area contributed by atoms with Crippen molar-refractivity contribution in [3.8, 4) is 0 Å². The third kappa shape index (κ3) is 2.00. The van der Waals surface area contributed by atoms with E-state index < -0.39 is 15.1 Å². The van der Waals surface area contributed by atoms with Crippen LogP contribution in [0.2, 0.25) is 0 Å². The molecule has 1 aromatic heterocycles. The van der Waals surface area contributed by atoms with Crippen LogP contribution < -0.4 is 5.32 Å². The molecule has 0 fully saturated rings. The first kappa shape index (κ1) is 10.5. The van der Waals surface area contributed by atoms with E-state index >= 15 is 0 Å². The molecule has 0 spiro atoms. The van der Waals surface area contributed by atoms with E-state index in [1.807, 2.05) is 0 Å². The van der Waals surface area contributed by atoms with Crippen molar-refractivity contribution in [1.29, 1.82) is 0 Å². The van der Waals surface area contributed by atoms with Gasteiger partial charge in [-0.15, -0.1) is 0 Å². The predicted octanol–water partition coefficient (Wildman–Crippen LogP) is 1.37. The quantitative estimate of drug-likeness (QED) is 0.835. The van der Waals surface area contributed by atoms with Crippen LogP contribution in [0.1, 0.15) is 13.8 Å². The number of thiazole rings is 1. The Morgan fingerprint density at radius 3 is 2.54 bits per heavy atom. The van der Waals surface area contributed by atoms with Gasteiger partial charge in [-0.05, 0) is 13.8 Å². The van der Waals surface area contributed by atoms with E-state index in [1.54, 1.807) is 20.9 Å². The van der Waals surface area contributed by atoms with Gasteiger partial charge in [-0.25, -0.2) is 13.4 Å². The van der Waals surface area contributed by atoms with E-state index in [-0.39, 0.29) is 0 Å². The summed E-state index contributed by atoms with van der Waals surface area (Å²) in [7, 11) is -1.44. The molecule has 1 N–H and O–H groups in total. The molecule has 0 saturated carbocycles. The normalized spacial score (nSPS) is 12.0. The Morgan fingerprint density at radius 1 is 1.54 bits per heavy atom. The van der Waals surface area contributed by atoms with Crippen LogP contribution in [0.4, 0.5) is 5.13 Å². The maximum atomic E-state index is 11.6. The van der Waals surface area contributed by atoms with Crippen molar-refractivity contribution < 1.29 is 8.42 Å². The van der Waals surface area contributed by atoms with Crippen LogP contribution in [0.5, 0.6) is 0 Å². The van der Waals surface area contributed by atoms with E-state index in [0.29, 0.717) is 9.34 Å². The number of hydrogen-bond donors (Lipinski definition) is 1. The number of nitrogens with zero attached hydrogens (tertiary/aromatic N) is 1. The van der Waals surface area contributed by atoms with Gasteiger partial charge >= 0.3 is 0 Å². The van der Waals surface area contributed by atoms with Crippen molar-refractivity contribution in [2.24, 2.45) is 0 Å². The first-order chi connectivity index (χ1) is 5.98. The standard InChI is InChI=1S/C7H12N2O2S2/c1-5(2)13(10,11)6-4-9-7(8-3)12-6/h4-5H,1-3H3,(H,8,9). The fourth-order valence-electron chi connectivity index (χ4n) is 0.739. The summed E-state index contributed by atoms with van der Waals surface area (Å²) in [6.45, 7) is 3.32. The lowest BCUT2D eigenvalue weighted by Crippen LogP contribution is -2.12. The molecule has 1 rings (SSSR count). The summed E-state index contributed by atoms with van der Waals surface area (Å²) in [4.78, 5) is 3.91. The predicted molar refractivity (Wildman–Crippen MR) is 54.0 cm³/mol. The average molecular weight is 220 g/mol. The lowest BCUT2D eigenvalue weighted by atomic mass is 10.6. The third-order valence-electron chi connectivity index (χ3n) is 1.60. The third-order valence-corrected chi connectivity index (χ3v) is 5.26. The summed E-state index contributed by atoms with van der Waals surface area (Å²) in [6, 6.07) is 0. The fraction of sp³-hybridized carbons (Fsp3) is 0.571. The van der Waals surface area contributed by atoms with Gasteiger partial charge < -0.3 is 5.32 Å². The molecule has 0 aliphatic rings. The molecule has 6 heteroatoms. The van der Waals surface area contributed by atoms with Gasteiger partial charge in [0.1, 0.15) is 4.21 Å². The smallest absolute Gasteiger partial charge is 0.191 e. The van der Waals surface area contributed by atoms with Crippen molar-refractivity contribution in [3.05, 3.63) is 6.20 Å². The Bertz CT molecular complexity index is 381. The van der Waals surface area contributed by atoms with Gasteiger partial charge in [0.15, 0.2) is 15.0 Å². The van der Waals surface area contributed by atoms with Gasteiger partial charge in [0.05, 0.1) is 11.4 Å². The first-order valence-corrected chi connectivity index (χ1v) is 6.22. The number of aromatic nitrogens is 1. The summed E-state index contributed by atoms with van der Waals surface area (Å²) in [6.07, 6.45) is 1.39. The Hall–Kier alpha value is -0.620. The number of rotatable bonds is 3. The molecule has 13 heavy (non-hydrogen) atoms. The highest BCUT2D eigenvalue weighted by molar-refractivity contribution is 7.94. The van der Waals surface area contributed by atoms with Crippen LogP contribution in [0.25, 0.3) is 0 Å². The fourth-order valence-corrected chi connectivity index (χ4v) is 3.19. The van der Waals surface area contributed by atoms with E-state index in [0.717, 1.165) is 11.3 Å². The maximum absolute atomic E-state index is 11.6. The van der Waals surface area contributed by atoms with Gasteiger partial charge in [-0.2, -0.15) is 0 Å². The number of anilines is 1. The van der Waals surface area contributed by atoms with Crippen molar-refractivity contribution >= 4 is 26.3 Å². The molecular weight excluding hydrogens is 208 g/mol. The molecule has 0 unspecified atom stereocenters. The van der Waals surface area contributed by atoms with Gasteiger partial charge in [-0.3, -0.25) is 0 Å². The summed E-state index contributed by atoms with van der Waals surface area (Å²) < 4.78 is 23.5. The molecular formula is C7H12N2O2S2. The molecule has 0 aliphatic heterocycles. The Balaban J connectivity index is 3.09. The van der Waals surface area contributed by atoms with Gasteiger partial charge in [0.2, 0.25) is 0 Å². The second-order valence-corrected chi connectivity index (χ2v) is 6.59. The minimum Gasteiger partial charge on any atom is -0.365 e. The molecule has 0 saturated heterocycles. The summed E-state index contributed by atoms with van der Waals surface area (Å²) in [5.41, 5.74) is 0. The number of nitrogens with one attached hydrogen (secondary N) is 1. The second-order valence-electron chi connectivity index (χ2n) is 2.83. The first-order valence-electron chi connectivity index (χ1n) is 3.86. The zero-order valence-corrected chi connectivity index (χ0v) is 9.37. The van der Waals surface area contributed by atoms with Crippen LogP contribution in [0.15, 0.2) is 10.4 Å². The molecule has 0 aromatic carbocycles. The van der Waals surface area contributed by atoms with E-state index in [4.69, 9.17) is 0 Å². The molecule has 74 valence electrons. The van der Waals surface area contributed by atoms with Crippen molar-refractivity contribution in [1.82, 2.24) is 4.98 Å². The van der Waals surface area contributed by atoms with E-state index in [9.17, 15) is 8.42 Å². The van der Waals surface area contributed by atoms with Gasteiger partial charge in [-0.1, -0.05) is 11.3 Å². The van der Waals surface area contributed by atoms with Crippen molar-refractivity contribution in [3.63, 3.8) is 0 Å². The Kier molecular flexibility index (Phi) is 2.92. The molecule has 0 bridgehead atoms. The zero-order chi connectivity index (χ0) is 10.1. The van der Waals surface area contributed by atoms with Crippen LogP contribution in [-0.2, 0) is 9.84 Å². The van der Waals surface area contributed by atoms with Gasteiger partial charge in [0, 0.05) is 7.05 Å².